The van der Waals surface area contributed by atoms with Gasteiger partial charge in [0.25, 0.3) is 0 Å². The molecule has 0 N–H and O–H groups in total. The Bertz CT molecular complexity index is 728. The molecule has 2 aliphatic rings. The van der Waals surface area contributed by atoms with Crippen molar-refractivity contribution in [2.24, 2.45) is 23.7 Å². The van der Waals surface area contributed by atoms with E-state index in [1.54, 1.807) is 0 Å². The molecule has 226 valence electrons. The van der Waals surface area contributed by atoms with Gasteiger partial charge in [-0.15, -0.1) is 0 Å². The Balaban J connectivity index is 1.92. The first-order chi connectivity index (χ1) is 17.2. The van der Waals surface area contributed by atoms with Crippen LogP contribution < -0.4 is 0 Å². The Morgan fingerprint density at radius 3 is 1.26 bits per heavy atom. The second-order valence-electron chi connectivity index (χ2n) is 11.1. The van der Waals surface area contributed by atoms with Crippen LogP contribution in [0.15, 0.2) is 0 Å². The molecule has 0 saturated heterocycles. The minimum Gasteiger partial charge on any atom is -0.200 e. The van der Waals surface area contributed by atoms with Crippen LogP contribution in [0.1, 0.15) is 96.8 Å². The van der Waals surface area contributed by atoms with E-state index in [0.29, 0.717) is 43.4 Å². The van der Waals surface area contributed by atoms with Gasteiger partial charge < -0.3 is 0 Å². The summed E-state index contributed by atoms with van der Waals surface area (Å²) in [5, 5.41) is 0. The highest BCUT2D eigenvalue weighted by molar-refractivity contribution is 5.10. The lowest BCUT2D eigenvalue weighted by atomic mass is 9.68. The monoisotopic (exact) mass is 582 g/mol. The highest BCUT2D eigenvalue weighted by Gasteiger charge is 2.90. The standard InChI is InChI=1S/C25H35F13/c1-2-3-4-5-16-6-10-18(11-7-16)19-12-8-17(9-13-19)14-15-20(26,27)21(28,29)22(30,31)23(32,33)24(34,35)25(36,37)38/h16-19H,2-15H2,1H3/t16-,17?,18-,19?. The summed E-state index contributed by atoms with van der Waals surface area (Å²) in [5.74, 6) is -35.5. The number of rotatable bonds is 12. The molecule has 0 aliphatic heterocycles. The largest absolute Gasteiger partial charge is 0.460 e. The molecule has 0 aromatic carbocycles. The lowest BCUT2D eigenvalue weighted by Gasteiger charge is -2.40. The van der Waals surface area contributed by atoms with Crippen molar-refractivity contribution in [1.82, 2.24) is 0 Å². The Kier molecular flexibility index (Phi) is 10.4. The van der Waals surface area contributed by atoms with Crippen molar-refractivity contribution in [1.29, 1.82) is 0 Å². The smallest absolute Gasteiger partial charge is 0.200 e. The molecule has 2 rings (SSSR count). The van der Waals surface area contributed by atoms with Gasteiger partial charge in [0.15, 0.2) is 0 Å². The van der Waals surface area contributed by atoms with Crippen LogP contribution in [-0.4, -0.2) is 35.8 Å². The number of hydrogen-bond acceptors (Lipinski definition) is 0. The zero-order valence-corrected chi connectivity index (χ0v) is 21.1. The van der Waals surface area contributed by atoms with Crippen LogP contribution in [0.25, 0.3) is 0 Å². The summed E-state index contributed by atoms with van der Waals surface area (Å²) in [7, 11) is 0. The van der Waals surface area contributed by atoms with E-state index in [2.05, 4.69) is 6.92 Å². The summed E-state index contributed by atoms with van der Waals surface area (Å²) in [6.07, 6.45) is 0.599. The molecule has 0 radical (unpaired) electrons. The van der Waals surface area contributed by atoms with Gasteiger partial charge in [0.1, 0.15) is 0 Å². The predicted molar refractivity (Wildman–Crippen MR) is 115 cm³/mol. The molecule has 0 heterocycles. The van der Waals surface area contributed by atoms with Crippen molar-refractivity contribution in [3.05, 3.63) is 0 Å². The molecule has 2 fully saturated rings. The van der Waals surface area contributed by atoms with Crippen molar-refractivity contribution in [2.75, 3.05) is 0 Å². The van der Waals surface area contributed by atoms with Gasteiger partial charge in [-0.25, -0.2) is 0 Å². The molecular formula is C25H35F13. The Hall–Kier alpha value is -0.910. The predicted octanol–water partition coefficient (Wildman–Crippen LogP) is 10.7. The summed E-state index contributed by atoms with van der Waals surface area (Å²) in [4.78, 5) is 0. The third kappa shape index (κ3) is 6.52. The number of unbranched alkanes of at least 4 members (excludes halogenated alkanes) is 2. The van der Waals surface area contributed by atoms with Crippen LogP contribution in [0.3, 0.4) is 0 Å². The lowest BCUT2D eigenvalue weighted by molar-refractivity contribution is -0.440. The summed E-state index contributed by atoms with van der Waals surface area (Å²) >= 11 is 0. The van der Waals surface area contributed by atoms with Crippen LogP contribution in [0, 0.1) is 23.7 Å². The van der Waals surface area contributed by atoms with Crippen molar-refractivity contribution >= 4 is 0 Å². The summed E-state index contributed by atoms with van der Waals surface area (Å²) < 4.78 is 173. The molecule has 0 amide bonds. The number of hydrogen-bond donors (Lipinski definition) is 0. The first kappa shape index (κ1) is 33.3. The van der Waals surface area contributed by atoms with Gasteiger partial charge in [-0.3, -0.25) is 0 Å². The Labute approximate surface area is 214 Å². The quantitative estimate of drug-likeness (QED) is 0.159. The number of halogens is 13. The van der Waals surface area contributed by atoms with E-state index in [1.165, 1.54) is 19.3 Å². The normalized spacial score (nSPS) is 27.0. The van der Waals surface area contributed by atoms with Crippen LogP contribution in [0.2, 0.25) is 0 Å². The van der Waals surface area contributed by atoms with E-state index in [0.717, 1.165) is 32.1 Å². The fourth-order valence-corrected chi connectivity index (χ4v) is 5.92. The van der Waals surface area contributed by atoms with Gasteiger partial charge in [-0.1, -0.05) is 58.3 Å². The molecule has 38 heavy (non-hydrogen) atoms. The molecule has 2 aliphatic carbocycles. The van der Waals surface area contributed by atoms with Gasteiger partial charge in [0.05, 0.1) is 0 Å². The van der Waals surface area contributed by atoms with Crippen molar-refractivity contribution < 1.29 is 57.1 Å². The third-order valence-corrected chi connectivity index (χ3v) is 8.53. The lowest BCUT2D eigenvalue weighted by Crippen LogP contribution is -2.70. The van der Waals surface area contributed by atoms with Crippen molar-refractivity contribution in [3.8, 4) is 0 Å². The van der Waals surface area contributed by atoms with Gasteiger partial charge in [0, 0.05) is 6.42 Å². The van der Waals surface area contributed by atoms with E-state index in [4.69, 9.17) is 0 Å². The summed E-state index contributed by atoms with van der Waals surface area (Å²) in [6, 6.07) is 0. The molecule has 0 aromatic rings. The number of alkyl halides is 13. The molecule has 0 spiro atoms. The summed E-state index contributed by atoms with van der Waals surface area (Å²) in [5.41, 5.74) is 0. The minimum absolute atomic E-state index is 0.303. The highest BCUT2D eigenvalue weighted by Crippen LogP contribution is 2.61. The maximum absolute atomic E-state index is 14.1. The summed E-state index contributed by atoms with van der Waals surface area (Å²) in [6.45, 7) is 2.13. The van der Waals surface area contributed by atoms with E-state index in [9.17, 15) is 57.1 Å². The van der Waals surface area contributed by atoms with E-state index >= 15 is 0 Å². The molecule has 2 saturated carbocycles. The topological polar surface area (TPSA) is 0 Å². The molecule has 0 unspecified atom stereocenters. The minimum atomic E-state index is -7.82. The van der Waals surface area contributed by atoms with Gasteiger partial charge >= 0.3 is 35.8 Å². The van der Waals surface area contributed by atoms with Crippen LogP contribution in [0.4, 0.5) is 57.1 Å². The van der Waals surface area contributed by atoms with Crippen molar-refractivity contribution in [2.45, 2.75) is 133 Å². The third-order valence-electron chi connectivity index (χ3n) is 8.53. The maximum Gasteiger partial charge on any atom is 0.460 e. The highest BCUT2D eigenvalue weighted by atomic mass is 19.4. The Morgan fingerprint density at radius 2 is 0.868 bits per heavy atom. The van der Waals surface area contributed by atoms with Crippen LogP contribution >= 0.6 is 0 Å². The molecule has 0 aromatic heterocycles. The van der Waals surface area contributed by atoms with E-state index in [-0.39, 0.29) is 0 Å². The van der Waals surface area contributed by atoms with Gasteiger partial charge in [0.2, 0.25) is 0 Å². The zero-order valence-electron chi connectivity index (χ0n) is 21.1. The molecule has 0 atom stereocenters. The molecule has 0 bridgehead atoms. The van der Waals surface area contributed by atoms with Crippen LogP contribution in [0.5, 0.6) is 0 Å². The van der Waals surface area contributed by atoms with Gasteiger partial charge in [-0.05, 0) is 55.8 Å². The average Bonchev–Trinajstić information content (AvgIpc) is 2.82. The second kappa shape index (κ2) is 11.9. The molecular weight excluding hydrogens is 547 g/mol. The van der Waals surface area contributed by atoms with Gasteiger partial charge in [-0.2, -0.15) is 57.1 Å². The molecule has 0 nitrogen and oxygen atoms in total. The average molecular weight is 583 g/mol. The SMILES string of the molecule is CCCCC[C@H]1CC[C@H](C2CCC(CCC(F)(F)C(F)(F)C(F)(F)C(F)(F)C(F)(F)C(F)(F)F)CC2)CC1. The Morgan fingerprint density at radius 1 is 0.474 bits per heavy atom. The maximum atomic E-state index is 14.1. The second-order valence-corrected chi connectivity index (χ2v) is 11.1. The fraction of sp³-hybridized carbons (Fsp3) is 1.00. The zero-order chi connectivity index (χ0) is 29.2. The van der Waals surface area contributed by atoms with E-state index < -0.39 is 54.5 Å². The van der Waals surface area contributed by atoms with Crippen LogP contribution in [-0.2, 0) is 0 Å². The first-order valence-electron chi connectivity index (χ1n) is 13.2. The van der Waals surface area contributed by atoms with Crippen molar-refractivity contribution in [3.63, 3.8) is 0 Å². The van der Waals surface area contributed by atoms with E-state index in [1.807, 2.05) is 0 Å². The first-order valence-corrected chi connectivity index (χ1v) is 13.2. The fourth-order valence-electron chi connectivity index (χ4n) is 5.92. The molecule has 13 heteroatoms.